The number of ether oxygens (including phenoxy) is 1. The summed E-state index contributed by atoms with van der Waals surface area (Å²) in [6, 6.07) is 0.298. The van der Waals surface area contributed by atoms with Crippen molar-refractivity contribution in [1.82, 2.24) is 9.97 Å². The number of nitrogens with one attached hydrogen (secondary N) is 1. The quantitative estimate of drug-likeness (QED) is 0.799. The number of hydrogen-bond donors (Lipinski definition) is 2. The highest BCUT2D eigenvalue weighted by atomic mass is 16.5. The second-order valence-corrected chi connectivity index (χ2v) is 4.05. The molecule has 0 aliphatic carbocycles. The molecule has 0 fully saturated rings. The van der Waals surface area contributed by atoms with Gasteiger partial charge in [0.1, 0.15) is 12.0 Å². The summed E-state index contributed by atoms with van der Waals surface area (Å²) in [6.07, 6.45) is 1.46. The minimum atomic E-state index is 0.298. The van der Waals surface area contributed by atoms with Gasteiger partial charge in [-0.2, -0.15) is 4.98 Å². The normalized spacial score (nSPS) is 12.6. The summed E-state index contributed by atoms with van der Waals surface area (Å²) < 4.78 is 5.30. The van der Waals surface area contributed by atoms with Crippen LogP contribution < -0.4 is 15.8 Å². The fourth-order valence-corrected chi connectivity index (χ4v) is 1.13. The van der Waals surface area contributed by atoms with E-state index in [0.717, 1.165) is 0 Å². The van der Waals surface area contributed by atoms with Crippen LogP contribution in [-0.4, -0.2) is 22.6 Å². The summed E-state index contributed by atoms with van der Waals surface area (Å²) >= 11 is 0. The summed E-state index contributed by atoms with van der Waals surface area (Å²) in [6.45, 7) is 8.80. The number of rotatable bonds is 5. The molecule has 1 rings (SSSR count). The highest BCUT2D eigenvalue weighted by Gasteiger charge is 2.13. The van der Waals surface area contributed by atoms with E-state index in [1.54, 1.807) is 0 Å². The molecule has 0 amide bonds. The molecule has 3 N–H and O–H groups in total. The molecule has 1 atom stereocenters. The van der Waals surface area contributed by atoms with Gasteiger partial charge in [-0.15, -0.1) is 0 Å². The molecule has 1 aromatic heterocycles. The van der Waals surface area contributed by atoms with E-state index >= 15 is 0 Å². The van der Waals surface area contributed by atoms with Gasteiger partial charge in [0.15, 0.2) is 5.82 Å². The van der Waals surface area contributed by atoms with Crippen LogP contribution in [0.25, 0.3) is 0 Å². The molecule has 0 aromatic carbocycles. The van der Waals surface area contributed by atoms with Crippen LogP contribution in [-0.2, 0) is 0 Å². The number of anilines is 2. The fraction of sp³-hybridized carbons (Fsp3) is 0.636. The van der Waals surface area contributed by atoms with Crippen LogP contribution in [0.2, 0.25) is 0 Å². The Morgan fingerprint density at radius 1 is 1.38 bits per heavy atom. The summed E-state index contributed by atoms with van der Waals surface area (Å²) in [5.41, 5.74) is 6.37. The van der Waals surface area contributed by atoms with Crippen LogP contribution in [0.5, 0.6) is 5.88 Å². The van der Waals surface area contributed by atoms with Gasteiger partial charge in [0, 0.05) is 6.04 Å². The molecule has 5 heteroatoms. The second kappa shape index (κ2) is 5.53. The highest BCUT2D eigenvalue weighted by molar-refractivity contribution is 5.66. The minimum absolute atomic E-state index is 0.298. The van der Waals surface area contributed by atoms with Crippen molar-refractivity contribution in [2.45, 2.75) is 33.7 Å². The van der Waals surface area contributed by atoms with Crippen LogP contribution >= 0.6 is 0 Å². The van der Waals surface area contributed by atoms with Gasteiger partial charge >= 0.3 is 0 Å². The molecule has 0 aliphatic rings. The molecule has 1 heterocycles. The van der Waals surface area contributed by atoms with Gasteiger partial charge in [-0.25, -0.2) is 4.98 Å². The van der Waals surface area contributed by atoms with E-state index in [0.29, 0.717) is 36.0 Å². The Kier molecular flexibility index (Phi) is 4.34. The summed E-state index contributed by atoms with van der Waals surface area (Å²) in [5, 5.41) is 3.25. The second-order valence-electron chi connectivity index (χ2n) is 4.05. The third kappa shape index (κ3) is 2.98. The molecule has 0 bridgehead atoms. The molecule has 16 heavy (non-hydrogen) atoms. The minimum Gasteiger partial charge on any atom is -0.476 e. The molecular weight excluding hydrogens is 204 g/mol. The van der Waals surface area contributed by atoms with Gasteiger partial charge in [0.05, 0.1) is 6.61 Å². The van der Waals surface area contributed by atoms with E-state index in [-0.39, 0.29) is 0 Å². The lowest BCUT2D eigenvalue weighted by atomic mass is 10.1. The smallest absolute Gasteiger partial charge is 0.242 e. The first-order valence-corrected chi connectivity index (χ1v) is 5.56. The van der Waals surface area contributed by atoms with Crippen molar-refractivity contribution in [2.24, 2.45) is 5.92 Å². The summed E-state index contributed by atoms with van der Waals surface area (Å²) in [5.74, 6) is 1.58. The Morgan fingerprint density at radius 2 is 2.06 bits per heavy atom. The molecule has 90 valence electrons. The predicted octanol–water partition coefficient (Wildman–Crippen LogP) is 1.91. The Morgan fingerprint density at radius 3 is 2.62 bits per heavy atom. The maximum atomic E-state index is 5.91. The first-order chi connectivity index (χ1) is 7.56. The molecule has 0 radical (unpaired) electrons. The summed E-state index contributed by atoms with van der Waals surface area (Å²) in [4.78, 5) is 8.10. The van der Waals surface area contributed by atoms with Crippen molar-refractivity contribution in [3.05, 3.63) is 6.33 Å². The van der Waals surface area contributed by atoms with Crippen molar-refractivity contribution < 1.29 is 4.74 Å². The van der Waals surface area contributed by atoms with Gasteiger partial charge in [0.2, 0.25) is 5.88 Å². The van der Waals surface area contributed by atoms with Crippen LogP contribution in [0.1, 0.15) is 27.7 Å². The van der Waals surface area contributed by atoms with Crippen LogP contribution in [0.3, 0.4) is 0 Å². The number of aromatic nitrogens is 2. The number of hydrogen-bond acceptors (Lipinski definition) is 5. The first kappa shape index (κ1) is 12.5. The molecule has 0 aliphatic heterocycles. The molecule has 1 aromatic rings. The average Bonchev–Trinajstić information content (AvgIpc) is 2.24. The van der Waals surface area contributed by atoms with Crippen molar-refractivity contribution in [1.29, 1.82) is 0 Å². The van der Waals surface area contributed by atoms with Gasteiger partial charge in [-0.05, 0) is 19.8 Å². The van der Waals surface area contributed by atoms with Crippen LogP contribution in [0.15, 0.2) is 6.33 Å². The number of nitrogens with two attached hydrogens (primary N) is 1. The molecule has 0 saturated heterocycles. The van der Waals surface area contributed by atoms with Gasteiger partial charge < -0.3 is 15.8 Å². The Labute approximate surface area is 96.4 Å². The number of nitrogen functional groups attached to an aromatic ring is 1. The van der Waals surface area contributed by atoms with E-state index in [1.165, 1.54) is 6.33 Å². The fourth-order valence-electron chi connectivity index (χ4n) is 1.13. The standard InChI is InChI=1S/C11H20N4O/c1-5-16-11-9(12)10(13-6-14-11)15-8(4)7(2)3/h6-8H,5,12H2,1-4H3,(H,13,14,15). The lowest BCUT2D eigenvalue weighted by molar-refractivity contribution is 0.328. The van der Waals surface area contributed by atoms with E-state index in [9.17, 15) is 0 Å². The zero-order chi connectivity index (χ0) is 12.1. The summed E-state index contributed by atoms with van der Waals surface area (Å²) in [7, 11) is 0. The predicted molar refractivity (Wildman–Crippen MR) is 65.5 cm³/mol. The molecule has 0 spiro atoms. The van der Waals surface area contributed by atoms with Crippen LogP contribution in [0.4, 0.5) is 11.5 Å². The molecule has 1 unspecified atom stereocenters. The Hall–Kier alpha value is -1.52. The van der Waals surface area contributed by atoms with Gasteiger partial charge in [-0.3, -0.25) is 0 Å². The molecule has 5 nitrogen and oxygen atoms in total. The first-order valence-electron chi connectivity index (χ1n) is 5.56. The van der Waals surface area contributed by atoms with Crippen molar-refractivity contribution in [2.75, 3.05) is 17.7 Å². The van der Waals surface area contributed by atoms with Crippen molar-refractivity contribution in [3.8, 4) is 5.88 Å². The third-order valence-corrected chi connectivity index (χ3v) is 2.49. The van der Waals surface area contributed by atoms with Crippen molar-refractivity contribution in [3.63, 3.8) is 0 Å². The maximum absolute atomic E-state index is 5.91. The lowest BCUT2D eigenvalue weighted by Gasteiger charge is -2.19. The monoisotopic (exact) mass is 224 g/mol. The molecule has 0 saturated carbocycles. The highest BCUT2D eigenvalue weighted by Crippen LogP contribution is 2.25. The van der Waals surface area contributed by atoms with E-state index in [4.69, 9.17) is 10.5 Å². The SMILES string of the molecule is CCOc1ncnc(NC(C)C(C)C)c1N. The lowest BCUT2D eigenvalue weighted by Crippen LogP contribution is -2.23. The Balaban J connectivity index is 2.84. The number of nitrogens with zero attached hydrogens (tertiary/aromatic N) is 2. The zero-order valence-corrected chi connectivity index (χ0v) is 10.3. The van der Waals surface area contributed by atoms with Crippen molar-refractivity contribution >= 4 is 11.5 Å². The van der Waals surface area contributed by atoms with Crippen LogP contribution in [0, 0.1) is 5.92 Å². The topological polar surface area (TPSA) is 73.1 Å². The Bertz CT molecular complexity index is 341. The average molecular weight is 224 g/mol. The maximum Gasteiger partial charge on any atom is 0.242 e. The molecular formula is C11H20N4O. The third-order valence-electron chi connectivity index (χ3n) is 2.49. The van der Waals surface area contributed by atoms with E-state index in [2.05, 4.69) is 36.1 Å². The zero-order valence-electron chi connectivity index (χ0n) is 10.3. The van der Waals surface area contributed by atoms with Gasteiger partial charge in [0.25, 0.3) is 0 Å². The van der Waals surface area contributed by atoms with Gasteiger partial charge in [-0.1, -0.05) is 13.8 Å². The van der Waals surface area contributed by atoms with E-state index < -0.39 is 0 Å². The van der Waals surface area contributed by atoms with E-state index in [1.807, 2.05) is 6.92 Å². The largest absolute Gasteiger partial charge is 0.476 e.